The van der Waals surface area contributed by atoms with Crippen LogP contribution in [0.15, 0.2) is 53.9 Å². The summed E-state index contributed by atoms with van der Waals surface area (Å²) in [6, 6.07) is 14.4. The van der Waals surface area contributed by atoms with Crippen molar-refractivity contribution in [3.8, 4) is 5.69 Å². The van der Waals surface area contributed by atoms with Gasteiger partial charge in [0.25, 0.3) is 0 Å². The van der Waals surface area contributed by atoms with Crippen molar-refractivity contribution < 1.29 is 4.79 Å². The molecule has 0 aliphatic carbocycles. The van der Waals surface area contributed by atoms with Gasteiger partial charge in [0, 0.05) is 13.6 Å². The molecule has 0 saturated heterocycles. The fraction of sp³-hybridized carbons (Fsp3) is 0.286. The molecule has 2 aromatic carbocycles. The highest BCUT2D eigenvalue weighted by atomic mass is 32.2. The summed E-state index contributed by atoms with van der Waals surface area (Å²) >= 11 is 1.41. The molecule has 0 saturated carbocycles. The molecule has 140 valence electrons. The zero-order valence-corrected chi connectivity index (χ0v) is 17.0. The van der Waals surface area contributed by atoms with Gasteiger partial charge in [0.1, 0.15) is 6.33 Å². The second-order valence-electron chi connectivity index (χ2n) is 6.74. The van der Waals surface area contributed by atoms with E-state index in [4.69, 9.17) is 0 Å². The zero-order valence-electron chi connectivity index (χ0n) is 16.1. The molecule has 6 heteroatoms. The Morgan fingerprint density at radius 1 is 1.11 bits per heavy atom. The van der Waals surface area contributed by atoms with Gasteiger partial charge in [-0.2, -0.15) is 0 Å². The van der Waals surface area contributed by atoms with Crippen LogP contribution < -0.4 is 0 Å². The van der Waals surface area contributed by atoms with Crippen molar-refractivity contribution in [2.75, 3.05) is 12.8 Å². The Morgan fingerprint density at radius 2 is 1.89 bits per heavy atom. The van der Waals surface area contributed by atoms with E-state index in [9.17, 15) is 4.79 Å². The Balaban J connectivity index is 1.66. The van der Waals surface area contributed by atoms with Crippen molar-refractivity contribution in [3.63, 3.8) is 0 Å². The number of thioether (sulfide) groups is 1. The molecule has 0 atom stereocenters. The van der Waals surface area contributed by atoms with Crippen LogP contribution in [0.25, 0.3) is 5.69 Å². The summed E-state index contributed by atoms with van der Waals surface area (Å²) in [7, 11) is 1.84. The first-order chi connectivity index (χ1) is 13.0. The molecule has 1 aromatic heterocycles. The molecule has 0 aliphatic heterocycles. The minimum Gasteiger partial charge on any atom is -0.341 e. The van der Waals surface area contributed by atoms with E-state index in [0.29, 0.717) is 12.3 Å². The predicted molar refractivity (Wildman–Crippen MR) is 109 cm³/mol. The van der Waals surface area contributed by atoms with Crippen LogP contribution in [-0.2, 0) is 11.3 Å². The number of hydrogen-bond donors (Lipinski definition) is 0. The SMILES string of the molecule is Cc1ccc(-n2cnnc2SCC(=O)N(C)Cc2ccccc2C)c(C)c1. The third kappa shape index (κ3) is 4.57. The van der Waals surface area contributed by atoms with Gasteiger partial charge in [0.2, 0.25) is 5.91 Å². The second-order valence-corrected chi connectivity index (χ2v) is 7.68. The van der Waals surface area contributed by atoms with Crippen molar-refractivity contribution in [3.05, 3.63) is 71.0 Å². The van der Waals surface area contributed by atoms with E-state index in [1.807, 2.05) is 23.7 Å². The van der Waals surface area contributed by atoms with Crippen molar-refractivity contribution >= 4 is 17.7 Å². The van der Waals surface area contributed by atoms with Gasteiger partial charge in [-0.25, -0.2) is 0 Å². The van der Waals surface area contributed by atoms with E-state index in [1.54, 1.807) is 11.2 Å². The number of carbonyl (C=O) groups excluding carboxylic acids is 1. The molecule has 3 aromatic rings. The first kappa shape index (κ1) is 19.2. The maximum atomic E-state index is 12.6. The van der Waals surface area contributed by atoms with Crippen LogP contribution >= 0.6 is 11.8 Å². The van der Waals surface area contributed by atoms with E-state index in [2.05, 4.69) is 61.3 Å². The van der Waals surface area contributed by atoms with Crippen LogP contribution in [0.4, 0.5) is 0 Å². The average molecular weight is 381 g/mol. The lowest BCUT2D eigenvalue weighted by Crippen LogP contribution is -2.28. The quantitative estimate of drug-likeness (QED) is 0.608. The van der Waals surface area contributed by atoms with Crippen LogP contribution in [-0.4, -0.2) is 38.4 Å². The van der Waals surface area contributed by atoms with Crippen LogP contribution in [0.1, 0.15) is 22.3 Å². The van der Waals surface area contributed by atoms with E-state index in [0.717, 1.165) is 22.0 Å². The van der Waals surface area contributed by atoms with Gasteiger partial charge < -0.3 is 4.90 Å². The predicted octanol–water partition coefficient (Wildman–Crippen LogP) is 3.94. The number of aryl methyl sites for hydroxylation is 3. The number of benzene rings is 2. The summed E-state index contributed by atoms with van der Waals surface area (Å²) < 4.78 is 1.94. The van der Waals surface area contributed by atoms with Gasteiger partial charge in [-0.15, -0.1) is 10.2 Å². The molecule has 0 unspecified atom stereocenters. The molecule has 0 bridgehead atoms. The molecule has 0 spiro atoms. The van der Waals surface area contributed by atoms with Gasteiger partial charge in [0.15, 0.2) is 5.16 Å². The number of rotatable bonds is 6. The minimum absolute atomic E-state index is 0.0680. The Bertz CT molecular complexity index is 951. The van der Waals surface area contributed by atoms with Crippen LogP contribution in [0.2, 0.25) is 0 Å². The summed E-state index contributed by atoms with van der Waals surface area (Å²) in [5, 5.41) is 8.94. The summed E-state index contributed by atoms with van der Waals surface area (Å²) in [6.07, 6.45) is 1.70. The fourth-order valence-electron chi connectivity index (χ4n) is 2.93. The Hall–Kier alpha value is -2.60. The first-order valence-corrected chi connectivity index (χ1v) is 9.83. The summed E-state index contributed by atoms with van der Waals surface area (Å²) in [5.74, 6) is 0.393. The maximum absolute atomic E-state index is 12.6. The molecule has 0 N–H and O–H groups in total. The fourth-order valence-corrected chi connectivity index (χ4v) is 3.79. The normalized spacial score (nSPS) is 10.8. The molecule has 27 heavy (non-hydrogen) atoms. The van der Waals surface area contributed by atoms with Crippen molar-refractivity contribution in [1.82, 2.24) is 19.7 Å². The van der Waals surface area contributed by atoms with E-state index < -0.39 is 0 Å². The van der Waals surface area contributed by atoms with Gasteiger partial charge in [-0.1, -0.05) is 53.7 Å². The summed E-state index contributed by atoms with van der Waals surface area (Å²) in [6.45, 7) is 6.81. The molecule has 1 heterocycles. The molecule has 0 fully saturated rings. The molecular formula is C21H24N4OS. The number of carbonyl (C=O) groups is 1. The summed E-state index contributed by atoms with van der Waals surface area (Å²) in [4.78, 5) is 14.3. The zero-order chi connectivity index (χ0) is 19.4. The highest BCUT2D eigenvalue weighted by Gasteiger charge is 2.15. The van der Waals surface area contributed by atoms with E-state index >= 15 is 0 Å². The second kappa shape index (κ2) is 8.39. The van der Waals surface area contributed by atoms with Gasteiger partial charge in [-0.3, -0.25) is 9.36 Å². The third-order valence-corrected chi connectivity index (χ3v) is 5.48. The first-order valence-electron chi connectivity index (χ1n) is 8.84. The average Bonchev–Trinajstić information content (AvgIpc) is 3.09. The maximum Gasteiger partial charge on any atom is 0.233 e. The lowest BCUT2D eigenvalue weighted by Gasteiger charge is -2.18. The molecular weight excluding hydrogens is 356 g/mol. The Kier molecular flexibility index (Phi) is 5.96. The number of aromatic nitrogens is 3. The smallest absolute Gasteiger partial charge is 0.233 e. The van der Waals surface area contributed by atoms with Crippen LogP contribution in [0.3, 0.4) is 0 Å². The van der Waals surface area contributed by atoms with Gasteiger partial charge in [-0.05, 0) is 43.5 Å². The van der Waals surface area contributed by atoms with Crippen LogP contribution in [0.5, 0.6) is 0 Å². The Morgan fingerprint density at radius 3 is 2.63 bits per heavy atom. The molecule has 0 radical (unpaired) electrons. The number of hydrogen-bond acceptors (Lipinski definition) is 4. The Labute approximate surface area is 164 Å². The highest BCUT2D eigenvalue weighted by Crippen LogP contribution is 2.23. The number of amides is 1. The van der Waals surface area contributed by atoms with E-state index in [-0.39, 0.29) is 5.91 Å². The van der Waals surface area contributed by atoms with Crippen molar-refractivity contribution in [2.24, 2.45) is 0 Å². The topological polar surface area (TPSA) is 51.0 Å². The highest BCUT2D eigenvalue weighted by molar-refractivity contribution is 7.99. The standard InChI is InChI=1S/C21H24N4OS/c1-15-9-10-19(17(3)11-15)25-14-22-23-21(25)27-13-20(26)24(4)12-18-8-6-5-7-16(18)2/h5-11,14H,12-13H2,1-4H3. The van der Waals surface area contributed by atoms with Crippen LogP contribution in [0, 0.1) is 20.8 Å². The van der Waals surface area contributed by atoms with E-state index in [1.165, 1.54) is 22.9 Å². The molecule has 3 rings (SSSR count). The van der Waals surface area contributed by atoms with Gasteiger partial charge >= 0.3 is 0 Å². The van der Waals surface area contributed by atoms with Crippen molar-refractivity contribution in [2.45, 2.75) is 32.5 Å². The lowest BCUT2D eigenvalue weighted by molar-refractivity contribution is -0.127. The van der Waals surface area contributed by atoms with Crippen molar-refractivity contribution in [1.29, 1.82) is 0 Å². The molecule has 0 aliphatic rings. The third-order valence-electron chi connectivity index (χ3n) is 4.55. The number of nitrogens with zero attached hydrogens (tertiary/aromatic N) is 4. The monoisotopic (exact) mass is 380 g/mol. The largest absolute Gasteiger partial charge is 0.341 e. The van der Waals surface area contributed by atoms with Gasteiger partial charge in [0.05, 0.1) is 11.4 Å². The molecule has 5 nitrogen and oxygen atoms in total. The minimum atomic E-state index is 0.0680. The molecule has 1 amide bonds. The summed E-state index contributed by atoms with van der Waals surface area (Å²) in [5.41, 5.74) is 5.76. The lowest BCUT2D eigenvalue weighted by atomic mass is 10.1.